The normalized spacial score (nSPS) is 16.9. The minimum absolute atomic E-state index is 0.736. The van der Waals surface area contributed by atoms with Crippen LogP contribution in [-0.4, -0.2) is 22.8 Å². The summed E-state index contributed by atoms with van der Waals surface area (Å²) in [5, 5.41) is 0. The van der Waals surface area contributed by atoms with E-state index in [-0.39, 0.29) is 0 Å². The van der Waals surface area contributed by atoms with E-state index in [1.165, 1.54) is 17.5 Å². The van der Waals surface area contributed by atoms with Gasteiger partial charge in [0.15, 0.2) is 0 Å². The monoisotopic (exact) mass is 140 g/mol. The SMILES string of the molecule is CCCCN1C=C[N+](=N)C1. The molecule has 1 aliphatic heterocycles. The summed E-state index contributed by atoms with van der Waals surface area (Å²) in [6.07, 6.45) is 6.21. The maximum absolute atomic E-state index is 7.20. The van der Waals surface area contributed by atoms with Crippen LogP contribution in [0.1, 0.15) is 19.8 Å². The lowest BCUT2D eigenvalue weighted by molar-refractivity contribution is -0.555. The van der Waals surface area contributed by atoms with Crippen LogP contribution >= 0.6 is 0 Å². The highest BCUT2D eigenvalue weighted by molar-refractivity contribution is 4.76. The lowest BCUT2D eigenvalue weighted by atomic mass is 10.3. The maximum atomic E-state index is 7.20. The molecule has 1 heterocycles. The van der Waals surface area contributed by atoms with Crippen molar-refractivity contribution in [2.45, 2.75) is 19.8 Å². The molecule has 0 aromatic carbocycles. The zero-order valence-corrected chi connectivity index (χ0v) is 6.38. The largest absolute Gasteiger partial charge is 0.315 e. The van der Waals surface area contributed by atoms with Crippen molar-refractivity contribution in [3.8, 4) is 0 Å². The van der Waals surface area contributed by atoms with E-state index in [0.29, 0.717) is 0 Å². The van der Waals surface area contributed by atoms with Crippen LogP contribution in [0.15, 0.2) is 12.4 Å². The summed E-state index contributed by atoms with van der Waals surface area (Å²) in [5.74, 6) is 0. The van der Waals surface area contributed by atoms with Gasteiger partial charge >= 0.3 is 0 Å². The Morgan fingerprint density at radius 3 is 3.00 bits per heavy atom. The zero-order valence-electron chi connectivity index (χ0n) is 6.38. The summed E-state index contributed by atoms with van der Waals surface area (Å²) in [5.41, 5.74) is 7.20. The van der Waals surface area contributed by atoms with Gasteiger partial charge in [0, 0.05) is 6.54 Å². The Kier molecular flexibility index (Phi) is 2.42. The second kappa shape index (κ2) is 3.34. The zero-order chi connectivity index (χ0) is 7.40. The highest BCUT2D eigenvalue weighted by Crippen LogP contribution is 2.01. The predicted molar refractivity (Wildman–Crippen MR) is 38.6 cm³/mol. The fourth-order valence-corrected chi connectivity index (χ4v) is 0.971. The fourth-order valence-electron chi connectivity index (χ4n) is 0.971. The highest BCUT2D eigenvalue weighted by atomic mass is 15.3. The average Bonchev–Trinajstić information content (AvgIpc) is 2.31. The van der Waals surface area contributed by atoms with Crippen LogP contribution in [-0.2, 0) is 0 Å². The Morgan fingerprint density at radius 1 is 1.70 bits per heavy atom. The Balaban J connectivity index is 2.20. The summed E-state index contributed by atoms with van der Waals surface area (Å²) < 4.78 is 1.44. The van der Waals surface area contributed by atoms with Crippen molar-refractivity contribution in [3.05, 3.63) is 12.4 Å². The van der Waals surface area contributed by atoms with Gasteiger partial charge in [-0.1, -0.05) is 23.6 Å². The molecule has 0 bridgehead atoms. The van der Waals surface area contributed by atoms with Crippen LogP contribution in [0.2, 0.25) is 0 Å². The first kappa shape index (κ1) is 7.25. The molecule has 0 aromatic heterocycles. The standard InChI is InChI=1S/C7H14N3/c1-2-3-4-9-5-6-10(8)7-9/h5-6,8H,2-4,7H2,1H3/q+1. The van der Waals surface area contributed by atoms with Crippen molar-refractivity contribution < 1.29 is 4.70 Å². The van der Waals surface area contributed by atoms with Crippen LogP contribution < -0.4 is 0 Å². The topological polar surface area (TPSA) is 30.1 Å². The highest BCUT2D eigenvalue weighted by Gasteiger charge is 2.13. The molecule has 1 aliphatic rings. The molecule has 0 amide bonds. The minimum atomic E-state index is 0.736. The molecule has 0 spiro atoms. The molecular weight excluding hydrogens is 126 g/mol. The molecule has 3 heteroatoms. The van der Waals surface area contributed by atoms with Crippen molar-refractivity contribution in [2.75, 3.05) is 13.2 Å². The molecule has 1 rings (SSSR count). The van der Waals surface area contributed by atoms with E-state index in [9.17, 15) is 0 Å². The molecule has 0 radical (unpaired) electrons. The van der Waals surface area contributed by atoms with Gasteiger partial charge in [-0.05, 0) is 6.42 Å². The van der Waals surface area contributed by atoms with E-state index in [0.717, 1.165) is 13.2 Å². The third-order valence-electron chi connectivity index (χ3n) is 1.59. The maximum Gasteiger partial charge on any atom is 0.249 e. The van der Waals surface area contributed by atoms with Gasteiger partial charge in [0.2, 0.25) is 12.9 Å². The van der Waals surface area contributed by atoms with Gasteiger partial charge in [0.05, 0.1) is 6.20 Å². The molecular formula is C7H14N3+. The van der Waals surface area contributed by atoms with Gasteiger partial charge in [-0.3, -0.25) is 0 Å². The lowest BCUT2D eigenvalue weighted by Crippen LogP contribution is -2.19. The number of hydrogen-bond donors (Lipinski definition) is 1. The smallest absolute Gasteiger partial charge is 0.249 e. The summed E-state index contributed by atoms with van der Waals surface area (Å²) in [6, 6.07) is 0. The van der Waals surface area contributed by atoms with Gasteiger partial charge < -0.3 is 4.90 Å². The quantitative estimate of drug-likeness (QED) is 0.592. The van der Waals surface area contributed by atoms with E-state index in [4.69, 9.17) is 5.53 Å². The molecule has 0 unspecified atom stereocenters. The van der Waals surface area contributed by atoms with Crippen LogP contribution in [0.4, 0.5) is 0 Å². The molecule has 0 atom stereocenters. The van der Waals surface area contributed by atoms with Crippen LogP contribution in [0, 0.1) is 5.53 Å². The summed E-state index contributed by atoms with van der Waals surface area (Å²) >= 11 is 0. The van der Waals surface area contributed by atoms with Gasteiger partial charge in [-0.2, -0.15) is 0 Å². The van der Waals surface area contributed by atoms with Gasteiger partial charge in [0.25, 0.3) is 0 Å². The molecule has 56 valence electrons. The van der Waals surface area contributed by atoms with Gasteiger partial charge in [-0.25, -0.2) is 0 Å². The van der Waals surface area contributed by atoms with Crippen LogP contribution in [0.5, 0.6) is 0 Å². The first-order valence-electron chi connectivity index (χ1n) is 3.73. The Bertz CT molecular complexity index is 151. The Hall–Kier alpha value is -0.860. The molecule has 3 nitrogen and oxygen atoms in total. The van der Waals surface area contributed by atoms with Crippen molar-refractivity contribution >= 4 is 0 Å². The number of rotatable bonds is 3. The predicted octanol–water partition coefficient (Wildman–Crippen LogP) is 1.57. The third kappa shape index (κ3) is 1.83. The van der Waals surface area contributed by atoms with E-state index in [1.807, 2.05) is 6.20 Å². The van der Waals surface area contributed by atoms with E-state index in [1.54, 1.807) is 6.20 Å². The molecule has 10 heavy (non-hydrogen) atoms. The summed E-state index contributed by atoms with van der Waals surface area (Å²) in [4.78, 5) is 2.15. The third-order valence-corrected chi connectivity index (χ3v) is 1.59. The number of nitrogens with zero attached hydrogens (tertiary/aromatic N) is 2. The van der Waals surface area contributed by atoms with Gasteiger partial charge in [-0.15, -0.1) is 0 Å². The second-order valence-corrected chi connectivity index (χ2v) is 2.58. The molecule has 0 saturated heterocycles. The first-order chi connectivity index (χ1) is 4.83. The Morgan fingerprint density at radius 2 is 2.50 bits per heavy atom. The van der Waals surface area contributed by atoms with Crippen LogP contribution in [0.3, 0.4) is 0 Å². The Labute approximate surface area is 61.4 Å². The van der Waals surface area contributed by atoms with Crippen molar-refractivity contribution in [1.82, 2.24) is 4.90 Å². The average molecular weight is 140 g/mol. The summed E-state index contributed by atoms with van der Waals surface area (Å²) in [6.45, 7) is 4.00. The minimum Gasteiger partial charge on any atom is -0.315 e. The van der Waals surface area contributed by atoms with Crippen molar-refractivity contribution in [3.63, 3.8) is 0 Å². The number of unbranched alkanes of at least 4 members (excludes halogenated alkanes) is 1. The van der Waals surface area contributed by atoms with E-state index >= 15 is 0 Å². The van der Waals surface area contributed by atoms with E-state index < -0.39 is 0 Å². The second-order valence-electron chi connectivity index (χ2n) is 2.58. The molecule has 0 fully saturated rings. The van der Waals surface area contributed by atoms with Crippen molar-refractivity contribution in [1.29, 1.82) is 5.53 Å². The van der Waals surface area contributed by atoms with Gasteiger partial charge in [0.1, 0.15) is 0 Å². The lowest BCUT2D eigenvalue weighted by Gasteiger charge is -2.08. The molecule has 0 aromatic rings. The summed E-state index contributed by atoms with van der Waals surface area (Å²) in [7, 11) is 0. The molecule has 0 aliphatic carbocycles. The molecule has 0 saturated carbocycles. The fraction of sp³-hybridized carbons (Fsp3) is 0.714. The first-order valence-corrected chi connectivity index (χ1v) is 3.73. The van der Waals surface area contributed by atoms with Crippen LogP contribution in [0.25, 0.3) is 0 Å². The van der Waals surface area contributed by atoms with Crippen molar-refractivity contribution in [2.24, 2.45) is 0 Å². The van der Waals surface area contributed by atoms with E-state index in [2.05, 4.69) is 11.8 Å². The number of nitrogens with one attached hydrogen (secondary N) is 1. The number of hydrogen-bond acceptors (Lipinski definition) is 2. The molecule has 1 N–H and O–H groups in total.